The molecule has 1 aliphatic heterocycles. The van der Waals surface area contributed by atoms with E-state index in [1.54, 1.807) is 54.6 Å². The van der Waals surface area contributed by atoms with Crippen LogP contribution in [0, 0.1) is 0 Å². The van der Waals surface area contributed by atoms with Crippen LogP contribution < -0.4 is 0 Å². The van der Waals surface area contributed by atoms with Crippen LogP contribution in [0.1, 0.15) is 23.6 Å². The lowest BCUT2D eigenvalue weighted by Gasteiger charge is -2.25. The van der Waals surface area contributed by atoms with Crippen LogP contribution in [0.25, 0.3) is 5.76 Å². The number of likely N-dealkylation sites (tertiary alicyclic amines) is 1. The van der Waals surface area contributed by atoms with E-state index in [2.05, 4.69) is 0 Å². The van der Waals surface area contributed by atoms with Crippen molar-refractivity contribution < 1.29 is 24.6 Å². The van der Waals surface area contributed by atoms with Gasteiger partial charge in [0.15, 0.2) is 0 Å². The number of aliphatic hydroxyl groups excluding tert-OH is 1. The molecule has 1 fully saturated rings. The summed E-state index contributed by atoms with van der Waals surface area (Å²) in [6.07, 6.45) is -0.334. The molecule has 1 unspecified atom stereocenters. The van der Waals surface area contributed by atoms with Crippen LogP contribution in [-0.2, 0) is 14.4 Å². The molecule has 1 atom stereocenters. The molecule has 0 aromatic heterocycles. The summed E-state index contributed by atoms with van der Waals surface area (Å²) in [6, 6.07) is 14.1. The smallest absolute Gasteiger partial charge is 0.305 e. The lowest BCUT2D eigenvalue weighted by atomic mass is 9.95. The van der Waals surface area contributed by atoms with Crippen LogP contribution in [0.5, 0.6) is 0 Å². The van der Waals surface area contributed by atoms with Crippen molar-refractivity contribution in [3.63, 3.8) is 0 Å². The van der Waals surface area contributed by atoms with Gasteiger partial charge in [-0.2, -0.15) is 0 Å². The zero-order chi connectivity index (χ0) is 19.6. The highest BCUT2D eigenvalue weighted by atomic mass is 35.5. The monoisotopic (exact) mass is 385 g/mol. The van der Waals surface area contributed by atoms with Crippen LogP contribution in [0.15, 0.2) is 60.2 Å². The number of aliphatic carboxylic acids is 1. The number of hydrogen-bond donors (Lipinski definition) is 2. The second kappa shape index (κ2) is 7.63. The second-order valence-electron chi connectivity index (χ2n) is 6.02. The van der Waals surface area contributed by atoms with Crippen molar-refractivity contribution in [2.45, 2.75) is 12.5 Å². The lowest BCUT2D eigenvalue weighted by Crippen LogP contribution is -2.32. The Hall–Kier alpha value is -3.12. The van der Waals surface area contributed by atoms with Crippen molar-refractivity contribution >= 4 is 35.0 Å². The Balaban J connectivity index is 2.18. The van der Waals surface area contributed by atoms with Gasteiger partial charge in [0.25, 0.3) is 11.7 Å². The minimum atomic E-state index is -1.10. The van der Waals surface area contributed by atoms with Crippen molar-refractivity contribution in [1.82, 2.24) is 4.90 Å². The number of carbonyl (C=O) groups is 3. The number of aliphatic hydroxyl groups is 1. The van der Waals surface area contributed by atoms with Gasteiger partial charge >= 0.3 is 5.97 Å². The van der Waals surface area contributed by atoms with E-state index in [0.29, 0.717) is 16.1 Å². The summed E-state index contributed by atoms with van der Waals surface area (Å²) in [6.45, 7) is -0.179. The maximum absolute atomic E-state index is 12.7. The predicted molar refractivity (Wildman–Crippen MR) is 99.2 cm³/mol. The van der Waals surface area contributed by atoms with Crippen molar-refractivity contribution in [3.05, 3.63) is 76.3 Å². The van der Waals surface area contributed by atoms with Gasteiger partial charge < -0.3 is 15.1 Å². The topological polar surface area (TPSA) is 94.9 Å². The Labute approximate surface area is 160 Å². The SMILES string of the molecule is O=C(O)CCN1C(=O)C(=O)C(=C(O)c2ccccc2)C1c1ccccc1Cl. The van der Waals surface area contributed by atoms with Crippen LogP contribution >= 0.6 is 11.6 Å². The molecule has 0 bridgehead atoms. The number of benzene rings is 2. The fraction of sp³-hybridized carbons (Fsp3) is 0.150. The molecule has 3 rings (SSSR count). The fourth-order valence-corrected chi connectivity index (χ4v) is 3.34. The third-order valence-corrected chi connectivity index (χ3v) is 4.70. The number of carboxylic acids is 1. The quantitative estimate of drug-likeness (QED) is 0.468. The minimum absolute atomic E-state index is 0.107. The number of hydrogen-bond acceptors (Lipinski definition) is 4. The minimum Gasteiger partial charge on any atom is -0.507 e. The molecule has 27 heavy (non-hydrogen) atoms. The summed E-state index contributed by atoms with van der Waals surface area (Å²) < 4.78 is 0. The normalized spacial score (nSPS) is 18.7. The van der Waals surface area contributed by atoms with Crippen molar-refractivity contribution in [3.8, 4) is 0 Å². The lowest BCUT2D eigenvalue weighted by molar-refractivity contribution is -0.142. The predicted octanol–water partition coefficient (Wildman–Crippen LogP) is 3.24. The van der Waals surface area contributed by atoms with Crippen molar-refractivity contribution in [1.29, 1.82) is 0 Å². The number of halogens is 1. The Morgan fingerprint density at radius 1 is 1.00 bits per heavy atom. The zero-order valence-corrected chi connectivity index (χ0v) is 14.9. The number of Topliss-reactive ketones (excluding diaryl/α,β-unsaturated/α-hetero) is 1. The summed E-state index contributed by atoms with van der Waals surface area (Å²) >= 11 is 6.27. The van der Waals surface area contributed by atoms with Gasteiger partial charge in [-0.3, -0.25) is 14.4 Å². The third-order valence-electron chi connectivity index (χ3n) is 4.35. The summed E-state index contributed by atoms with van der Waals surface area (Å²) in [5, 5.41) is 20.0. The van der Waals surface area contributed by atoms with Crippen LogP contribution in [0.2, 0.25) is 5.02 Å². The van der Waals surface area contributed by atoms with Gasteiger partial charge in [0.05, 0.1) is 18.0 Å². The van der Waals surface area contributed by atoms with Crippen molar-refractivity contribution in [2.24, 2.45) is 0 Å². The molecule has 0 spiro atoms. The molecule has 2 N–H and O–H groups in total. The van der Waals surface area contributed by atoms with Crippen LogP contribution in [0.3, 0.4) is 0 Å². The molecule has 1 heterocycles. The summed E-state index contributed by atoms with van der Waals surface area (Å²) in [4.78, 5) is 37.4. The number of rotatable bonds is 5. The average Bonchev–Trinajstić information content (AvgIpc) is 2.91. The highest BCUT2D eigenvalue weighted by molar-refractivity contribution is 6.47. The second-order valence-corrected chi connectivity index (χ2v) is 6.43. The maximum Gasteiger partial charge on any atom is 0.305 e. The van der Waals surface area contributed by atoms with E-state index in [9.17, 15) is 19.5 Å². The Bertz CT molecular complexity index is 938. The van der Waals surface area contributed by atoms with E-state index >= 15 is 0 Å². The molecule has 2 aromatic rings. The molecule has 2 aromatic carbocycles. The first-order valence-electron chi connectivity index (χ1n) is 8.22. The zero-order valence-electron chi connectivity index (χ0n) is 14.1. The third kappa shape index (κ3) is 3.57. The maximum atomic E-state index is 12.7. The molecule has 0 aliphatic carbocycles. The Morgan fingerprint density at radius 3 is 2.26 bits per heavy atom. The number of carbonyl (C=O) groups excluding carboxylic acids is 2. The van der Waals surface area contributed by atoms with E-state index in [4.69, 9.17) is 16.7 Å². The summed E-state index contributed by atoms with van der Waals surface area (Å²) in [5.74, 6) is -3.15. The van der Waals surface area contributed by atoms with E-state index in [1.807, 2.05) is 0 Å². The molecule has 7 heteroatoms. The van der Waals surface area contributed by atoms with Gasteiger partial charge in [-0.25, -0.2) is 0 Å². The van der Waals surface area contributed by atoms with Crippen LogP contribution in [-0.4, -0.2) is 39.3 Å². The van der Waals surface area contributed by atoms with E-state index < -0.39 is 23.7 Å². The molecule has 6 nitrogen and oxygen atoms in total. The first-order valence-corrected chi connectivity index (χ1v) is 8.59. The molecular weight excluding hydrogens is 370 g/mol. The molecular formula is C20H16ClNO5. The number of carboxylic acid groups (broad SMARTS) is 1. The van der Waals surface area contributed by atoms with Gasteiger partial charge in [-0.15, -0.1) is 0 Å². The summed E-state index contributed by atoms with van der Waals surface area (Å²) in [5.41, 5.74) is 0.719. The molecule has 0 saturated carbocycles. The Kier molecular flexibility index (Phi) is 5.28. The average molecular weight is 386 g/mol. The number of nitrogens with zero attached hydrogens (tertiary/aromatic N) is 1. The van der Waals surface area contributed by atoms with Crippen molar-refractivity contribution in [2.75, 3.05) is 6.54 Å². The van der Waals surface area contributed by atoms with Gasteiger partial charge in [0.2, 0.25) is 0 Å². The van der Waals surface area contributed by atoms with E-state index in [0.717, 1.165) is 4.90 Å². The van der Waals surface area contributed by atoms with Gasteiger partial charge in [-0.05, 0) is 11.6 Å². The first-order chi connectivity index (χ1) is 12.9. The van der Waals surface area contributed by atoms with Gasteiger partial charge in [0.1, 0.15) is 5.76 Å². The molecule has 138 valence electrons. The van der Waals surface area contributed by atoms with Gasteiger partial charge in [0, 0.05) is 17.1 Å². The molecule has 1 aliphatic rings. The number of ketones is 1. The fourth-order valence-electron chi connectivity index (χ4n) is 3.10. The number of amides is 1. The molecule has 1 saturated heterocycles. The highest BCUT2D eigenvalue weighted by Crippen LogP contribution is 2.41. The first kappa shape index (κ1) is 18.7. The standard InChI is InChI=1S/C20H16ClNO5/c21-14-9-5-4-8-13(14)17-16(18(25)12-6-2-1-3-7-12)19(26)20(27)22(17)11-10-15(23)24/h1-9,17,25H,10-11H2,(H,23,24). The highest BCUT2D eigenvalue weighted by Gasteiger charge is 2.46. The van der Waals surface area contributed by atoms with E-state index in [-0.39, 0.29) is 24.3 Å². The largest absolute Gasteiger partial charge is 0.507 e. The van der Waals surface area contributed by atoms with E-state index in [1.165, 1.54) is 0 Å². The van der Waals surface area contributed by atoms with Crippen LogP contribution in [0.4, 0.5) is 0 Å². The summed E-state index contributed by atoms with van der Waals surface area (Å²) in [7, 11) is 0. The molecule has 1 amide bonds. The molecule has 0 radical (unpaired) electrons. The Morgan fingerprint density at radius 2 is 1.63 bits per heavy atom. The van der Waals surface area contributed by atoms with Gasteiger partial charge in [-0.1, -0.05) is 60.1 Å².